The van der Waals surface area contributed by atoms with E-state index in [-0.39, 0.29) is 17.0 Å². The molecule has 2 aromatic rings. The number of pyridine rings is 1. The molecule has 1 amide bonds. The molecule has 0 saturated carbocycles. The SMILES string of the molecule is C[C@@H](C(=O)Nc1ccc(C#N)cc1)[NH+]1CCN(c2[nH+]cc(C(F)(F)F)cc2Cl)CC1. The van der Waals surface area contributed by atoms with Crippen LogP contribution >= 0.6 is 11.6 Å². The monoisotopic (exact) mass is 439 g/mol. The van der Waals surface area contributed by atoms with Crippen LogP contribution in [0.2, 0.25) is 5.02 Å². The lowest BCUT2D eigenvalue weighted by Crippen LogP contribution is -3.19. The lowest BCUT2D eigenvalue weighted by atomic mass is 10.2. The van der Waals surface area contributed by atoms with Gasteiger partial charge in [0.2, 0.25) is 0 Å². The highest BCUT2D eigenvalue weighted by Crippen LogP contribution is 2.32. The number of aromatic amines is 1. The van der Waals surface area contributed by atoms with Crippen LogP contribution in [-0.4, -0.2) is 38.1 Å². The number of nitrogens with one attached hydrogen (secondary N) is 3. The summed E-state index contributed by atoms with van der Waals surface area (Å²) in [7, 11) is 0. The molecule has 1 aliphatic rings. The van der Waals surface area contributed by atoms with Crippen molar-refractivity contribution in [3.05, 3.63) is 52.7 Å². The summed E-state index contributed by atoms with van der Waals surface area (Å²) >= 11 is 6.07. The van der Waals surface area contributed by atoms with Crippen LogP contribution in [0.15, 0.2) is 36.5 Å². The third-order valence-corrected chi connectivity index (χ3v) is 5.50. The second-order valence-corrected chi connectivity index (χ2v) is 7.54. The predicted molar refractivity (Wildman–Crippen MR) is 105 cm³/mol. The highest BCUT2D eigenvalue weighted by Gasteiger charge is 2.36. The zero-order valence-corrected chi connectivity index (χ0v) is 16.9. The molecule has 0 bridgehead atoms. The van der Waals surface area contributed by atoms with Gasteiger partial charge in [-0.2, -0.15) is 18.4 Å². The number of hydrogen-bond acceptors (Lipinski definition) is 3. The number of amides is 1. The van der Waals surface area contributed by atoms with Crippen LogP contribution in [0.5, 0.6) is 0 Å². The topological polar surface area (TPSA) is 74.7 Å². The van der Waals surface area contributed by atoms with Gasteiger partial charge in [0.05, 0.1) is 17.2 Å². The minimum absolute atomic E-state index is 0.0138. The van der Waals surface area contributed by atoms with Gasteiger partial charge < -0.3 is 10.2 Å². The smallest absolute Gasteiger partial charge is 0.321 e. The van der Waals surface area contributed by atoms with Gasteiger partial charge in [-0.05, 0) is 37.3 Å². The molecule has 1 atom stereocenters. The standard InChI is InChI=1S/C20H19ClF3N5O/c1-13(19(30)27-16-4-2-14(11-25)3-5-16)28-6-8-29(9-7-28)18-17(21)10-15(12-26-18)20(22,23)24/h2-5,10,12-13H,6-9H2,1H3,(H,27,30)/p+2/t13-/m0/s1. The number of rotatable bonds is 4. The van der Waals surface area contributed by atoms with Gasteiger partial charge in [0.1, 0.15) is 37.4 Å². The van der Waals surface area contributed by atoms with E-state index in [0.29, 0.717) is 43.2 Å². The number of H-pyrrole nitrogens is 1. The first kappa shape index (κ1) is 21.9. The number of aromatic nitrogens is 1. The molecule has 1 aliphatic heterocycles. The maximum absolute atomic E-state index is 12.8. The molecule has 3 N–H and O–H groups in total. The van der Waals surface area contributed by atoms with Gasteiger partial charge in [-0.1, -0.05) is 11.6 Å². The molecule has 2 heterocycles. The van der Waals surface area contributed by atoms with E-state index in [2.05, 4.69) is 10.3 Å². The van der Waals surface area contributed by atoms with Crippen LogP contribution in [0.3, 0.4) is 0 Å². The highest BCUT2D eigenvalue weighted by molar-refractivity contribution is 6.32. The molecule has 30 heavy (non-hydrogen) atoms. The normalized spacial score (nSPS) is 16.1. The first-order valence-electron chi connectivity index (χ1n) is 9.38. The zero-order valence-electron chi connectivity index (χ0n) is 16.2. The fraction of sp³-hybridized carbons (Fsp3) is 0.350. The van der Waals surface area contributed by atoms with E-state index in [1.807, 2.05) is 17.9 Å². The van der Waals surface area contributed by atoms with Crippen LogP contribution < -0.4 is 20.1 Å². The number of carbonyl (C=O) groups is 1. The van der Waals surface area contributed by atoms with E-state index >= 15 is 0 Å². The van der Waals surface area contributed by atoms with Gasteiger partial charge in [-0.3, -0.25) is 4.79 Å². The number of piperazine rings is 1. The van der Waals surface area contributed by atoms with Crippen LogP contribution in [-0.2, 0) is 11.0 Å². The first-order valence-corrected chi connectivity index (χ1v) is 9.76. The number of nitrogens with zero attached hydrogens (tertiary/aromatic N) is 2. The number of carbonyl (C=O) groups excluding carboxylic acids is 1. The van der Waals surface area contributed by atoms with Crippen LogP contribution in [0.1, 0.15) is 18.1 Å². The fourth-order valence-corrected chi connectivity index (χ4v) is 3.67. The summed E-state index contributed by atoms with van der Waals surface area (Å²) < 4.78 is 38.4. The largest absolute Gasteiger partial charge is 0.419 e. The van der Waals surface area contributed by atoms with Crippen LogP contribution in [0, 0.1) is 11.3 Å². The Bertz CT molecular complexity index is 950. The summed E-state index contributed by atoms with van der Waals surface area (Å²) in [6.07, 6.45) is -3.55. The van der Waals surface area contributed by atoms with Crippen molar-refractivity contribution in [2.24, 2.45) is 0 Å². The van der Waals surface area contributed by atoms with E-state index in [4.69, 9.17) is 16.9 Å². The molecule has 1 aromatic heterocycles. The Morgan fingerprint density at radius 3 is 2.47 bits per heavy atom. The Kier molecular flexibility index (Phi) is 6.48. The molecular weight excluding hydrogens is 419 g/mol. The molecule has 0 aliphatic carbocycles. The summed E-state index contributed by atoms with van der Waals surface area (Å²) in [6.45, 7) is 4.19. The second kappa shape index (κ2) is 8.90. The molecule has 0 spiro atoms. The maximum Gasteiger partial charge on any atom is 0.419 e. The first-order chi connectivity index (χ1) is 14.2. The molecule has 158 valence electrons. The van der Waals surface area contributed by atoms with Crippen molar-refractivity contribution in [3.63, 3.8) is 0 Å². The van der Waals surface area contributed by atoms with Gasteiger partial charge in [-0.15, -0.1) is 0 Å². The Morgan fingerprint density at radius 2 is 1.93 bits per heavy atom. The van der Waals surface area contributed by atoms with E-state index in [1.165, 1.54) is 0 Å². The van der Waals surface area contributed by atoms with E-state index in [9.17, 15) is 18.0 Å². The third-order valence-electron chi connectivity index (χ3n) is 5.21. The van der Waals surface area contributed by atoms with Gasteiger partial charge in [0.15, 0.2) is 6.04 Å². The predicted octanol–water partition coefficient (Wildman–Crippen LogP) is 1.78. The van der Waals surface area contributed by atoms with Crippen molar-refractivity contribution in [2.75, 3.05) is 36.4 Å². The minimum Gasteiger partial charge on any atom is -0.321 e. The van der Waals surface area contributed by atoms with Crippen molar-refractivity contribution in [3.8, 4) is 6.07 Å². The molecule has 1 fully saturated rings. The van der Waals surface area contributed by atoms with E-state index < -0.39 is 11.7 Å². The summed E-state index contributed by atoms with van der Waals surface area (Å²) in [5, 5.41) is 11.7. The Hall–Kier alpha value is -2.83. The fourth-order valence-electron chi connectivity index (χ4n) is 3.38. The van der Waals surface area contributed by atoms with Crippen molar-refractivity contribution in [2.45, 2.75) is 19.1 Å². The van der Waals surface area contributed by atoms with Crippen LogP contribution in [0.25, 0.3) is 0 Å². The molecular formula is C20H21ClF3N5O+2. The number of alkyl halides is 3. The van der Waals surface area contributed by atoms with Crippen molar-refractivity contribution < 1.29 is 27.8 Å². The average Bonchev–Trinajstić information content (AvgIpc) is 2.73. The average molecular weight is 440 g/mol. The Balaban J connectivity index is 1.58. The van der Waals surface area contributed by atoms with Gasteiger partial charge in [-0.25, -0.2) is 9.88 Å². The molecule has 6 nitrogen and oxygen atoms in total. The molecule has 0 unspecified atom stereocenters. The van der Waals surface area contributed by atoms with Crippen molar-refractivity contribution in [1.82, 2.24) is 0 Å². The lowest BCUT2D eigenvalue weighted by molar-refractivity contribution is -0.914. The number of halogens is 4. The molecule has 10 heteroatoms. The van der Waals surface area contributed by atoms with Crippen molar-refractivity contribution >= 4 is 29.0 Å². The van der Waals surface area contributed by atoms with Crippen molar-refractivity contribution in [1.29, 1.82) is 5.26 Å². The van der Waals surface area contributed by atoms with Gasteiger partial charge in [0, 0.05) is 5.69 Å². The minimum atomic E-state index is -4.46. The van der Waals surface area contributed by atoms with Gasteiger partial charge in [0.25, 0.3) is 11.7 Å². The summed E-state index contributed by atoms with van der Waals surface area (Å²) in [5.41, 5.74) is 0.310. The van der Waals surface area contributed by atoms with Gasteiger partial charge >= 0.3 is 6.18 Å². The Labute approximate surface area is 176 Å². The maximum atomic E-state index is 12.8. The molecule has 1 saturated heterocycles. The molecule has 3 rings (SSSR count). The number of anilines is 2. The highest BCUT2D eigenvalue weighted by atomic mass is 35.5. The molecule has 1 aromatic carbocycles. The third kappa shape index (κ3) is 5.01. The number of hydrogen-bond donors (Lipinski definition) is 2. The lowest BCUT2D eigenvalue weighted by Gasteiger charge is -2.31. The summed E-state index contributed by atoms with van der Waals surface area (Å²) in [4.78, 5) is 18.2. The zero-order chi connectivity index (χ0) is 21.9. The Morgan fingerprint density at radius 1 is 1.30 bits per heavy atom. The van der Waals surface area contributed by atoms with Crippen LogP contribution in [0.4, 0.5) is 24.7 Å². The van der Waals surface area contributed by atoms with E-state index in [0.717, 1.165) is 17.2 Å². The summed E-state index contributed by atoms with van der Waals surface area (Å²) in [5.74, 6) is 0.306. The molecule has 0 radical (unpaired) electrons. The summed E-state index contributed by atoms with van der Waals surface area (Å²) in [6, 6.07) is 9.26. The number of quaternary nitrogens is 1. The number of benzene rings is 1. The second-order valence-electron chi connectivity index (χ2n) is 7.13. The van der Waals surface area contributed by atoms with E-state index in [1.54, 1.807) is 24.3 Å². The number of nitriles is 1. The quantitative estimate of drug-likeness (QED) is 0.762.